The van der Waals surface area contributed by atoms with E-state index < -0.39 is 0 Å². The molecule has 0 unspecified atom stereocenters. The van der Waals surface area contributed by atoms with Gasteiger partial charge in [0, 0.05) is 25.7 Å². The van der Waals surface area contributed by atoms with Crippen molar-refractivity contribution in [3.8, 4) is 0 Å². The lowest BCUT2D eigenvalue weighted by Gasteiger charge is -2.07. The zero-order valence-electron chi connectivity index (χ0n) is 13.6. The lowest BCUT2D eigenvalue weighted by molar-refractivity contribution is -0.121. The lowest BCUT2D eigenvalue weighted by Crippen LogP contribution is -2.28. The topological polar surface area (TPSA) is 81.8 Å². The van der Waals surface area contributed by atoms with Crippen LogP contribution in [0, 0.1) is 0 Å². The Morgan fingerprint density at radius 1 is 1.24 bits per heavy atom. The molecule has 8 heteroatoms. The summed E-state index contributed by atoms with van der Waals surface area (Å²) in [4.78, 5) is 28.5. The van der Waals surface area contributed by atoms with Gasteiger partial charge in [0.25, 0.3) is 5.56 Å². The smallest absolute Gasteiger partial charge is 0.261 e. The fraction of sp³-hybridized carbons (Fsp3) is 0.294. The number of nitrogens with zero attached hydrogens (tertiary/aromatic N) is 4. The Hall–Kier alpha value is -2.67. The molecule has 0 atom stereocenters. The summed E-state index contributed by atoms with van der Waals surface area (Å²) >= 11 is 5.77. The lowest BCUT2D eigenvalue weighted by atomic mass is 10.2. The Labute approximate surface area is 149 Å². The van der Waals surface area contributed by atoms with Crippen LogP contribution in [0.1, 0.15) is 12.8 Å². The molecule has 0 aliphatic heterocycles. The molecule has 25 heavy (non-hydrogen) atoms. The first kappa shape index (κ1) is 17.2. The summed E-state index contributed by atoms with van der Waals surface area (Å²) in [7, 11) is 0. The highest BCUT2D eigenvalue weighted by molar-refractivity contribution is 6.30. The number of benzene rings is 1. The molecular formula is C17H18ClN5O2. The number of nitrogens with one attached hydrogen (secondary N) is 1. The summed E-state index contributed by atoms with van der Waals surface area (Å²) in [5.74, 6) is -0.0555. The van der Waals surface area contributed by atoms with Crippen LogP contribution in [0.3, 0.4) is 0 Å². The van der Waals surface area contributed by atoms with Gasteiger partial charge in [-0.15, -0.1) is 0 Å². The molecule has 0 aliphatic carbocycles. The van der Waals surface area contributed by atoms with E-state index in [-0.39, 0.29) is 11.5 Å². The van der Waals surface area contributed by atoms with E-state index in [0.717, 1.165) is 0 Å². The first-order valence-electron chi connectivity index (χ1n) is 8.02. The maximum atomic E-state index is 12.3. The number of fused-ring (bicyclic) bond motifs is 1. The van der Waals surface area contributed by atoms with Crippen LogP contribution < -0.4 is 10.9 Å². The van der Waals surface area contributed by atoms with Crippen molar-refractivity contribution in [1.29, 1.82) is 0 Å². The molecule has 1 amide bonds. The fourth-order valence-electron chi connectivity index (χ4n) is 2.53. The zero-order chi connectivity index (χ0) is 17.6. The molecule has 2 aromatic heterocycles. The molecule has 130 valence electrons. The molecule has 0 spiro atoms. The van der Waals surface area contributed by atoms with E-state index in [0.29, 0.717) is 48.4 Å². The monoisotopic (exact) mass is 359 g/mol. The number of aromatic nitrogens is 4. The predicted molar refractivity (Wildman–Crippen MR) is 95.5 cm³/mol. The third kappa shape index (κ3) is 4.45. The SMILES string of the molecule is O=C(CCCn1cnc2ccccc2c1=O)NCCn1cc(Cl)cn1. The number of para-hydroxylation sites is 1. The van der Waals surface area contributed by atoms with Gasteiger partial charge < -0.3 is 5.32 Å². The minimum atomic E-state index is -0.0819. The number of rotatable bonds is 7. The maximum absolute atomic E-state index is 12.3. The quantitative estimate of drug-likeness (QED) is 0.698. The van der Waals surface area contributed by atoms with Gasteiger partial charge in [-0.25, -0.2) is 4.98 Å². The van der Waals surface area contributed by atoms with Gasteiger partial charge in [-0.3, -0.25) is 18.8 Å². The van der Waals surface area contributed by atoms with Crippen LogP contribution in [0.15, 0.2) is 47.8 Å². The summed E-state index contributed by atoms with van der Waals surface area (Å²) in [6, 6.07) is 7.23. The molecule has 3 rings (SSSR count). The predicted octanol–water partition coefficient (Wildman–Crippen LogP) is 1.84. The van der Waals surface area contributed by atoms with Crippen LogP contribution in [0.25, 0.3) is 10.9 Å². The second kappa shape index (κ2) is 7.94. The average Bonchev–Trinajstić information content (AvgIpc) is 3.02. The molecule has 2 heterocycles. The zero-order valence-corrected chi connectivity index (χ0v) is 14.3. The Bertz CT molecular complexity index is 934. The first-order valence-corrected chi connectivity index (χ1v) is 8.40. The standard InChI is InChI=1S/C17H18ClN5O2/c18-13-10-21-23(11-13)9-7-19-16(24)6-3-8-22-12-20-15-5-2-1-4-14(15)17(22)25/h1-2,4-5,10-12H,3,6-9H2,(H,19,24). The van der Waals surface area contributed by atoms with Crippen LogP contribution in [0.5, 0.6) is 0 Å². The van der Waals surface area contributed by atoms with Crippen molar-refractivity contribution in [2.45, 2.75) is 25.9 Å². The average molecular weight is 360 g/mol. The highest BCUT2D eigenvalue weighted by atomic mass is 35.5. The van der Waals surface area contributed by atoms with E-state index in [4.69, 9.17) is 11.6 Å². The van der Waals surface area contributed by atoms with Crippen LogP contribution in [-0.2, 0) is 17.9 Å². The molecular weight excluding hydrogens is 342 g/mol. The normalized spacial score (nSPS) is 10.9. The molecule has 0 aliphatic rings. The van der Waals surface area contributed by atoms with Gasteiger partial charge in [-0.1, -0.05) is 23.7 Å². The third-order valence-corrected chi connectivity index (χ3v) is 3.99. The Kier molecular flexibility index (Phi) is 5.45. The molecule has 0 radical (unpaired) electrons. The first-order chi connectivity index (χ1) is 12.1. The van der Waals surface area contributed by atoms with Crippen molar-refractivity contribution < 1.29 is 4.79 Å². The van der Waals surface area contributed by atoms with Crippen molar-refractivity contribution in [1.82, 2.24) is 24.6 Å². The summed E-state index contributed by atoms with van der Waals surface area (Å²) in [5, 5.41) is 8.02. The second-order valence-corrected chi connectivity index (χ2v) is 6.07. The van der Waals surface area contributed by atoms with Crippen LogP contribution >= 0.6 is 11.6 Å². The largest absolute Gasteiger partial charge is 0.354 e. The van der Waals surface area contributed by atoms with Gasteiger partial charge in [0.2, 0.25) is 5.91 Å². The number of hydrogen-bond acceptors (Lipinski definition) is 4. The van der Waals surface area contributed by atoms with Gasteiger partial charge >= 0.3 is 0 Å². The number of carbonyl (C=O) groups excluding carboxylic acids is 1. The van der Waals surface area contributed by atoms with Crippen LogP contribution in [-0.4, -0.2) is 31.8 Å². The van der Waals surface area contributed by atoms with Crippen molar-refractivity contribution in [3.63, 3.8) is 0 Å². The van der Waals surface area contributed by atoms with E-state index in [9.17, 15) is 9.59 Å². The molecule has 0 bridgehead atoms. The molecule has 3 aromatic rings. The van der Waals surface area contributed by atoms with Gasteiger partial charge in [-0.2, -0.15) is 5.10 Å². The molecule has 0 saturated heterocycles. The van der Waals surface area contributed by atoms with Crippen LogP contribution in [0.4, 0.5) is 0 Å². The molecule has 7 nitrogen and oxygen atoms in total. The van der Waals surface area contributed by atoms with Gasteiger partial charge in [0.05, 0.1) is 35.0 Å². The minimum absolute atomic E-state index is 0.0555. The molecule has 0 fully saturated rings. The summed E-state index contributed by atoms with van der Waals surface area (Å²) in [6.07, 6.45) is 5.70. The van der Waals surface area contributed by atoms with Gasteiger partial charge in [0.15, 0.2) is 0 Å². The third-order valence-electron chi connectivity index (χ3n) is 3.80. The van der Waals surface area contributed by atoms with E-state index in [1.807, 2.05) is 12.1 Å². The van der Waals surface area contributed by atoms with Crippen molar-refractivity contribution >= 4 is 28.4 Å². The molecule has 1 aromatic carbocycles. The number of hydrogen-bond donors (Lipinski definition) is 1. The van der Waals surface area contributed by atoms with E-state index >= 15 is 0 Å². The maximum Gasteiger partial charge on any atom is 0.261 e. The molecule has 0 saturated carbocycles. The summed E-state index contributed by atoms with van der Waals surface area (Å²) in [5.41, 5.74) is 0.599. The number of carbonyl (C=O) groups is 1. The van der Waals surface area contributed by atoms with Crippen LogP contribution in [0.2, 0.25) is 5.02 Å². The number of amides is 1. The minimum Gasteiger partial charge on any atom is -0.354 e. The highest BCUT2D eigenvalue weighted by Crippen LogP contribution is 2.05. The van der Waals surface area contributed by atoms with E-state index in [1.165, 1.54) is 6.33 Å². The Morgan fingerprint density at radius 3 is 2.88 bits per heavy atom. The van der Waals surface area contributed by atoms with E-state index in [2.05, 4.69) is 15.4 Å². The second-order valence-electron chi connectivity index (χ2n) is 5.64. The van der Waals surface area contributed by atoms with Gasteiger partial charge in [0.1, 0.15) is 0 Å². The van der Waals surface area contributed by atoms with Crippen molar-refractivity contribution in [2.75, 3.05) is 6.54 Å². The number of halogens is 1. The fourth-order valence-corrected chi connectivity index (χ4v) is 2.69. The van der Waals surface area contributed by atoms with Crippen molar-refractivity contribution in [3.05, 3.63) is 58.4 Å². The Morgan fingerprint density at radius 2 is 2.08 bits per heavy atom. The Balaban J connectivity index is 1.45. The summed E-state index contributed by atoms with van der Waals surface area (Å²) in [6.45, 7) is 1.50. The summed E-state index contributed by atoms with van der Waals surface area (Å²) < 4.78 is 3.21. The van der Waals surface area contributed by atoms with Gasteiger partial charge in [-0.05, 0) is 18.6 Å². The highest BCUT2D eigenvalue weighted by Gasteiger charge is 2.05. The van der Waals surface area contributed by atoms with E-state index in [1.54, 1.807) is 33.8 Å². The number of aryl methyl sites for hydroxylation is 1. The van der Waals surface area contributed by atoms with Crippen molar-refractivity contribution in [2.24, 2.45) is 0 Å². The molecule has 1 N–H and O–H groups in total.